The van der Waals surface area contributed by atoms with Gasteiger partial charge < -0.3 is 9.64 Å². The van der Waals surface area contributed by atoms with E-state index in [-0.39, 0.29) is 25.6 Å². The van der Waals surface area contributed by atoms with E-state index in [0.717, 1.165) is 11.3 Å². The highest BCUT2D eigenvalue weighted by Crippen LogP contribution is 2.35. The van der Waals surface area contributed by atoms with Gasteiger partial charge in [0.15, 0.2) is 0 Å². The summed E-state index contributed by atoms with van der Waals surface area (Å²) in [5.74, 6) is -3.23. The predicted octanol–water partition coefficient (Wildman–Crippen LogP) is 3.64. The summed E-state index contributed by atoms with van der Waals surface area (Å²) in [5, 5.41) is 4.34. The van der Waals surface area contributed by atoms with Gasteiger partial charge in [0.1, 0.15) is 11.4 Å². The Morgan fingerprint density at radius 1 is 1.43 bits per heavy atom. The van der Waals surface area contributed by atoms with Gasteiger partial charge in [-0.1, -0.05) is 13.0 Å². The molecule has 1 unspecified atom stereocenters. The molecule has 1 saturated heterocycles. The van der Waals surface area contributed by atoms with Gasteiger partial charge in [-0.2, -0.15) is 5.10 Å². The highest BCUT2D eigenvalue weighted by atomic mass is 35.5. The third kappa shape index (κ3) is 4.11. The average Bonchev–Trinajstić information content (AvgIpc) is 3.17. The lowest BCUT2D eigenvalue weighted by atomic mass is 10.1. The monoisotopic (exact) mass is 412 g/mol. The van der Waals surface area contributed by atoms with E-state index in [2.05, 4.69) is 10.1 Å². The Morgan fingerprint density at radius 3 is 2.75 bits per heavy atom. The van der Waals surface area contributed by atoms with Crippen molar-refractivity contribution in [1.29, 1.82) is 0 Å². The molecule has 0 saturated carbocycles. The maximum absolute atomic E-state index is 13.8. The molecule has 0 spiro atoms. The number of halogens is 3. The summed E-state index contributed by atoms with van der Waals surface area (Å²) >= 11 is 5.89. The van der Waals surface area contributed by atoms with E-state index in [1.807, 2.05) is 13.0 Å². The summed E-state index contributed by atoms with van der Waals surface area (Å²) in [4.78, 5) is 18.1. The van der Waals surface area contributed by atoms with Crippen molar-refractivity contribution in [2.45, 2.75) is 39.1 Å². The Balaban J connectivity index is 1.78. The molecule has 152 valence electrons. The standard InChI is InChI=1S/C19H23ClF2N4O2/c1-4-28-18(27)15-10-26(24-16(15)7-20)9-14-5-6-17(23-13(14)3)25-8-12(2)19(21,22)11-25/h5-6,10,12H,4,7-9,11H2,1-3H3. The Kier molecular flexibility index (Phi) is 5.88. The van der Waals surface area contributed by atoms with Crippen molar-refractivity contribution in [2.75, 3.05) is 24.6 Å². The number of carbonyl (C=O) groups excluding carboxylic acids is 1. The van der Waals surface area contributed by atoms with Crippen LogP contribution in [0.1, 0.15) is 41.2 Å². The second-order valence-corrected chi connectivity index (χ2v) is 7.26. The molecular formula is C19H23ClF2N4O2. The lowest BCUT2D eigenvalue weighted by Gasteiger charge is -2.18. The van der Waals surface area contributed by atoms with Gasteiger partial charge in [-0.15, -0.1) is 11.6 Å². The predicted molar refractivity (Wildman–Crippen MR) is 102 cm³/mol. The Morgan fingerprint density at radius 2 is 2.18 bits per heavy atom. The van der Waals surface area contributed by atoms with Gasteiger partial charge in [-0.3, -0.25) is 4.68 Å². The summed E-state index contributed by atoms with van der Waals surface area (Å²) in [7, 11) is 0. The van der Waals surface area contributed by atoms with E-state index in [9.17, 15) is 13.6 Å². The molecule has 1 fully saturated rings. The van der Waals surface area contributed by atoms with Gasteiger partial charge in [0.2, 0.25) is 0 Å². The van der Waals surface area contributed by atoms with Gasteiger partial charge in [0, 0.05) is 24.4 Å². The third-order valence-electron chi connectivity index (χ3n) is 4.91. The van der Waals surface area contributed by atoms with Crippen molar-refractivity contribution in [3.05, 3.63) is 40.8 Å². The number of aryl methyl sites for hydroxylation is 1. The number of hydrogen-bond donors (Lipinski definition) is 0. The Hall–Kier alpha value is -2.22. The topological polar surface area (TPSA) is 60.2 Å². The SMILES string of the molecule is CCOC(=O)c1cn(Cc2ccc(N3CC(C)C(F)(F)C3)nc2C)nc1CCl. The van der Waals surface area contributed by atoms with Crippen molar-refractivity contribution in [1.82, 2.24) is 14.8 Å². The summed E-state index contributed by atoms with van der Waals surface area (Å²) in [6.45, 7) is 5.72. The number of carbonyl (C=O) groups is 1. The van der Waals surface area contributed by atoms with Gasteiger partial charge in [-0.05, 0) is 25.5 Å². The minimum atomic E-state index is -2.70. The zero-order valence-electron chi connectivity index (χ0n) is 16.1. The average molecular weight is 413 g/mol. The molecule has 1 atom stereocenters. The van der Waals surface area contributed by atoms with Crippen LogP contribution in [0.5, 0.6) is 0 Å². The first-order valence-corrected chi connectivity index (χ1v) is 9.67. The summed E-state index contributed by atoms with van der Waals surface area (Å²) in [6.07, 6.45) is 1.60. The Bertz CT molecular complexity index is 872. The molecule has 0 N–H and O–H groups in total. The molecule has 3 rings (SSSR count). The molecule has 0 aliphatic carbocycles. The number of anilines is 1. The van der Waals surface area contributed by atoms with E-state index < -0.39 is 17.8 Å². The van der Waals surface area contributed by atoms with Crippen LogP contribution in [-0.2, 0) is 17.2 Å². The lowest BCUT2D eigenvalue weighted by Crippen LogP contribution is -2.27. The number of alkyl halides is 3. The van der Waals surface area contributed by atoms with E-state index >= 15 is 0 Å². The molecule has 2 aromatic rings. The quantitative estimate of drug-likeness (QED) is 0.535. The number of nitrogens with zero attached hydrogens (tertiary/aromatic N) is 4. The van der Waals surface area contributed by atoms with Crippen LogP contribution in [0.2, 0.25) is 0 Å². The van der Waals surface area contributed by atoms with Crippen molar-refractivity contribution < 1.29 is 18.3 Å². The summed E-state index contributed by atoms with van der Waals surface area (Å²) in [5.41, 5.74) is 2.39. The van der Waals surface area contributed by atoms with Crippen molar-refractivity contribution in [3.63, 3.8) is 0 Å². The van der Waals surface area contributed by atoms with E-state index in [1.165, 1.54) is 0 Å². The molecule has 2 aromatic heterocycles. The first-order valence-electron chi connectivity index (χ1n) is 9.13. The molecule has 0 amide bonds. The van der Waals surface area contributed by atoms with Crippen molar-refractivity contribution >= 4 is 23.4 Å². The summed E-state index contributed by atoms with van der Waals surface area (Å²) < 4.78 is 34.2. The zero-order valence-corrected chi connectivity index (χ0v) is 16.8. The molecule has 0 radical (unpaired) electrons. The van der Waals surface area contributed by atoms with Crippen LogP contribution in [0.15, 0.2) is 18.3 Å². The van der Waals surface area contributed by atoms with Crippen LogP contribution in [0, 0.1) is 12.8 Å². The first-order chi connectivity index (χ1) is 13.2. The molecule has 1 aliphatic heterocycles. The molecule has 0 aromatic carbocycles. The first kappa shape index (κ1) is 20.5. The maximum Gasteiger partial charge on any atom is 0.341 e. The van der Waals surface area contributed by atoms with E-state index in [4.69, 9.17) is 16.3 Å². The van der Waals surface area contributed by atoms with Gasteiger partial charge in [-0.25, -0.2) is 18.6 Å². The highest BCUT2D eigenvalue weighted by Gasteiger charge is 2.45. The van der Waals surface area contributed by atoms with Crippen LogP contribution < -0.4 is 4.90 Å². The molecule has 28 heavy (non-hydrogen) atoms. The normalized spacial score (nSPS) is 18.5. The van der Waals surface area contributed by atoms with Gasteiger partial charge >= 0.3 is 5.97 Å². The number of hydrogen-bond acceptors (Lipinski definition) is 5. The number of pyridine rings is 1. The highest BCUT2D eigenvalue weighted by molar-refractivity contribution is 6.17. The molecule has 0 bridgehead atoms. The molecular weight excluding hydrogens is 390 g/mol. The zero-order chi connectivity index (χ0) is 20.5. The second-order valence-electron chi connectivity index (χ2n) is 7.00. The minimum Gasteiger partial charge on any atom is -0.462 e. The van der Waals surface area contributed by atoms with Crippen molar-refractivity contribution in [2.24, 2.45) is 5.92 Å². The molecule has 3 heterocycles. The Labute approximate surface area is 167 Å². The minimum absolute atomic E-state index is 0.0959. The second kappa shape index (κ2) is 8.03. The number of rotatable bonds is 6. The van der Waals surface area contributed by atoms with Crippen molar-refractivity contribution in [3.8, 4) is 0 Å². The largest absolute Gasteiger partial charge is 0.462 e. The van der Waals surface area contributed by atoms with Crippen LogP contribution in [0.3, 0.4) is 0 Å². The fourth-order valence-electron chi connectivity index (χ4n) is 3.23. The van der Waals surface area contributed by atoms with Crippen LogP contribution in [0.25, 0.3) is 0 Å². The number of esters is 1. The fraction of sp³-hybridized carbons (Fsp3) is 0.526. The third-order valence-corrected chi connectivity index (χ3v) is 5.17. The fourth-order valence-corrected chi connectivity index (χ4v) is 3.43. The van der Waals surface area contributed by atoms with E-state index in [1.54, 1.807) is 35.7 Å². The smallest absolute Gasteiger partial charge is 0.341 e. The van der Waals surface area contributed by atoms with Crippen LogP contribution in [-0.4, -0.2) is 46.4 Å². The van der Waals surface area contributed by atoms with Gasteiger partial charge in [0.05, 0.1) is 31.3 Å². The molecule has 6 nitrogen and oxygen atoms in total. The summed E-state index contributed by atoms with van der Waals surface area (Å²) in [6, 6.07) is 3.60. The van der Waals surface area contributed by atoms with Crippen LogP contribution >= 0.6 is 11.6 Å². The van der Waals surface area contributed by atoms with E-state index in [0.29, 0.717) is 23.6 Å². The lowest BCUT2D eigenvalue weighted by molar-refractivity contribution is -0.0138. The molecule has 1 aliphatic rings. The number of aromatic nitrogens is 3. The van der Waals surface area contributed by atoms with Gasteiger partial charge in [0.25, 0.3) is 5.92 Å². The van der Waals surface area contributed by atoms with Crippen LogP contribution in [0.4, 0.5) is 14.6 Å². The number of ether oxygens (including phenoxy) is 1. The maximum atomic E-state index is 13.8. The molecule has 9 heteroatoms.